The molecular formula is C10H10O4S. The molecular weight excluding hydrogens is 216 g/mol. The maximum Gasteiger partial charge on any atom is 0.306 e. The topological polar surface area (TPSA) is 60.4 Å². The molecule has 0 aliphatic carbocycles. The molecule has 0 aromatic heterocycles. The molecule has 0 fully saturated rings. The highest BCUT2D eigenvalue weighted by molar-refractivity contribution is 7.86. The molecule has 0 heterocycles. The van der Waals surface area contributed by atoms with E-state index in [4.69, 9.17) is 0 Å². The van der Waals surface area contributed by atoms with Crippen LogP contribution in [0.2, 0.25) is 0 Å². The quantitative estimate of drug-likeness (QED) is 0.440. The van der Waals surface area contributed by atoms with Gasteiger partial charge in [0, 0.05) is 5.57 Å². The van der Waals surface area contributed by atoms with Gasteiger partial charge in [0.2, 0.25) is 0 Å². The lowest BCUT2D eigenvalue weighted by Gasteiger charge is -2.03. The van der Waals surface area contributed by atoms with E-state index in [0.717, 1.165) is 6.26 Å². The van der Waals surface area contributed by atoms with Crippen LogP contribution in [0.15, 0.2) is 30.8 Å². The van der Waals surface area contributed by atoms with E-state index in [1.807, 2.05) is 0 Å². The molecule has 0 aliphatic rings. The molecule has 0 saturated heterocycles. The second kappa shape index (κ2) is 4.27. The molecule has 0 atom stereocenters. The lowest BCUT2D eigenvalue weighted by Crippen LogP contribution is -2.05. The van der Waals surface area contributed by atoms with Gasteiger partial charge in [0.1, 0.15) is 12.0 Å². The minimum absolute atomic E-state index is 0.208. The van der Waals surface area contributed by atoms with Gasteiger partial charge in [0.05, 0.1) is 6.26 Å². The summed E-state index contributed by atoms with van der Waals surface area (Å²) in [6.45, 7) is 3.52. The van der Waals surface area contributed by atoms with Crippen molar-refractivity contribution in [3.63, 3.8) is 0 Å². The fraction of sp³-hybridized carbons (Fsp3) is 0.100. The molecule has 1 aromatic rings. The number of carbonyl (C=O) groups is 1. The predicted octanol–water partition coefficient (Wildman–Crippen LogP) is 1.24. The highest BCUT2D eigenvalue weighted by atomic mass is 32.2. The molecule has 0 N–H and O–H groups in total. The van der Waals surface area contributed by atoms with Gasteiger partial charge in [-0.3, -0.25) is 4.79 Å². The number of allylic oxidation sites excluding steroid dienone is 1. The lowest BCUT2D eigenvalue weighted by molar-refractivity contribution is -0.103. The van der Waals surface area contributed by atoms with Crippen molar-refractivity contribution < 1.29 is 17.4 Å². The number of carbonyl (C=O) groups excluding carboxylic acids is 1. The van der Waals surface area contributed by atoms with Gasteiger partial charge < -0.3 is 4.18 Å². The zero-order valence-corrected chi connectivity index (χ0v) is 8.95. The van der Waals surface area contributed by atoms with Crippen LogP contribution in [0.25, 0.3) is 5.57 Å². The second-order valence-corrected chi connectivity index (χ2v) is 4.53. The van der Waals surface area contributed by atoms with Crippen molar-refractivity contribution >= 4 is 22.0 Å². The van der Waals surface area contributed by atoms with Crippen LogP contribution in [0, 0.1) is 0 Å². The van der Waals surface area contributed by atoms with Gasteiger partial charge in [0.15, 0.2) is 0 Å². The van der Waals surface area contributed by atoms with Crippen molar-refractivity contribution in [2.24, 2.45) is 0 Å². The summed E-state index contributed by atoms with van der Waals surface area (Å²) in [7, 11) is -3.51. The molecule has 15 heavy (non-hydrogen) atoms. The lowest BCUT2D eigenvalue weighted by atomic mass is 10.1. The van der Waals surface area contributed by atoms with Gasteiger partial charge in [-0.2, -0.15) is 8.42 Å². The molecule has 0 spiro atoms. The number of benzene rings is 1. The summed E-state index contributed by atoms with van der Waals surface area (Å²) in [6.07, 6.45) is 1.59. The van der Waals surface area contributed by atoms with Crippen LogP contribution >= 0.6 is 0 Å². The van der Waals surface area contributed by atoms with Gasteiger partial charge in [-0.15, -0.1) is 0 Å². The Labute approximate surface area is 88.3 Å². The Morgan fingerprint density at radius 3 is 2.27 bits per heavy atom. The van der Waals surface area contributed by atoms with Crippen LogP contribution in [0.4, 0.5) is 0 Å². The first-order chi connectivity index (χ1) is 6.92. The summed E-state index contributed by atoms with van der Waals surface area (Å²) in [5.41, 5.74) is 0.965. The predicted molar refractivity (Wildman–Crippen MR) is 57.0 cm³/mol. The normalized spacial score (nSPS) is 10.7. The van der Waals surface area contributed by atoms with E-state index in [-0.39, 0.29) is 5.75 Å². The van der Waals surface area contributed by atoms with E-state index >= 15 is 0 Å². The Morgan fingerprint density at radius 1 is 1.33 bits per heavy atom. The molecule has 80 valence electrons. The van der Waals surface area contributed by atoms with Gasteiger partial charge in [-0.05, 0) is 17.7 Å². The van der Waals surface area contributed by atoms with E-state index in [9.17, 15) is 13.2 Å². The smallest absolute Gasteiger partial charge is 0.306 e. The molecule has 5 heteroatoms. The Bertz CT molecular complexity index is 471. The summed E-state index contributed by atoms with van der Waals surface area (Å²) in [4.78, 5) is 10.4. The molecule has 1 aromatic carbocycles. The van der Waals surface area contributed by atoms with E-state index in [1.54, 1.807) is 12.1 Å². The Hall–Kier alpha value is -1.62. The molecule has 0 bridgehead atoms. The Kier molecular flexibility index (Phi) is 3.26. The molecule has 4 nitrogen and oxygen atoms in total. The molecule has 0 aliphatic heterocycles. The number of hydrogen-bond donors (Lipinski definition) is 0. The SMILES string of the molecule is C=C(C=O)c1ccc(OS(C)(=O)=O)cc1. The Balaban J connectivity index is 2.91. The van der Waals surface area contributed by atoms with Crippen molar-refractivity contribution in [1.82, 2.24) is 0 Å². The summed E-state index contributed by atoms with van der Waals surface area (Å²) in [6, 6.07) is 6.06. The van der Waals surface area contributed by atoms with Crippen molar-refractivity contribution in [3.8, 4) is 5.75 Å². The molecule has 1 rings (SSSR count). The molecule has 0 saturated carbocycles. The van der Waals surface area contributed by atoms with Gasteiger partial charge in [-0.1, -0.05) is 18.7 Å². The number of aldehydes is 1. The Morgan fingerprint density at radius 2 is 1.87 bits per heavy atom. The summed E-state index contributed by atoms with van der Waals surface area (Å²) in [5, 5.41) is 0. The van der Waals surface area contributed by atoms with Gasteiger partial charge in [0.25, 0.3) is 0 Å². The van der Waals surface area contributed by atoms with Crippen LogP contribution in [0.5, 0.6) is 5.75 Å². The van der Waals surface area contributed by atoms with Gasteiger partial charge >= 0.3 is 10.1 Å². The highest BCUT2D eigenvalue weighted by Crippen LogP contribution is 2.17. The summed E-state index contributed by atoms with van der Waals surface area (Å²) < 4.78 is 26.2. The monoisotopic (exact) mass is 226 g/mol. The third kappa shape index (κ3) is 3.55. The third-order valence-electron chi connectivity index (χ3n) is 1.61. The van der Waals surface area contributed by atoms with Crippen molar-refractivity contribution in [2.75, 3.05) is 6.26 Å². The van der Waals surface area contributed by atoms with E-state index in [0.29, 0.717) is 17.4 Å². The van der Waals surface area contributed by atoms with Crippen molar-refractivity contribution in [2.45, 2.75) is 0 Å². The number of hydrogen-bond acceptors (Lipinski definition) is 4. The third-order valence-corrected chi connectivity index (χ3v) is 2.11. The van der Waals surface area contributed by atoms with Crippen LogP contribution in [0.3, 0.4) is 0 Å². The molecule has 0 radical (unpaired) electrons. The average molecular weight is 226 g/mol. The first kappa shape index (κ1) is 11.5. The van der Waals surface area contributed by atoms with E-state index < -0.39 is 10.1 Å². The zero-order valence-electron chi connectivity index (χ0n) is 8.14. The first-order valence-corrected chi connectivity index (χ1v) is 5.88. The zero-order chi connectivity index (χ0) is 11.5. The largest absolute Gasteiger partial charge is 0.383 e. The summed E-state index contributed by atoms with van der Waals surface area (Å²) >= 11 is 0. The van der Waals surface area contributed by atoms with E-state index in [2.05, 4.69) is 10.8 Å². The van der Waals surface area contributed by atoms with Crippen LogP contribution < -0.4 is 4.18 Å². The fourth-order valence-electron chi connectivity index (χ4n) is 0.967. The summed E-state index contributed by atoms with van der Waals surface area (Å²) in [5.74, 6) is 0.208. The highest BCUT2D eigenvalue weighted by Gasteiger charge is 2.04. The van der Waals surface area contributed by atoms with Crippen molar-refractivity contribution in [3.05, 3.63) is 36.4 Å². The second-order valence-electron chi connectivity index (χ2n) is 2.95. The van der Waals surface area contributed by atoms with Gasteiger partial charge in [-0.25, -0.2) is 0 Å². The van der Waals surface area contributed by atoms with Crippen LogP contribution in [-0.4, -0.2) is 21.0 Å². The number of rotatable bonds is 4. The average Bonchev–Trinajstić information content (AvgIpc) is 2.15. The maximum absolute atomic E-state index is 10.8. The minimum Gasteiger partial charge on any atom is -0.383 e. The molecule has 0 unspecified atom stereocenters. The van der Waals surface area contributed by atoms with Crippen LogP contribution in [-0.2, 0) is 14.9 Å². The standard InChI is InChI=1S/C10H10O4S/c1-8(7-11)9-3-5-10(6-4-9)14-15(2,12)13/h3-7H,1H2,2H3. The fourth-order valence-corrected chi connectivity index (χ4v) is 1.43. The molecule has 0 amide bonds. The van der Waals surface area contributed by atoms with Crippen molar-refractivity contribution in [1.29, 1.82) is 0 Å². The first-order valence-electron chi connectivity index (χ1n) is 4.06. The van der Waals surface area contributed by atoms with E-state index in [1.165, 1.54) is 12.1 Å². The van der Waals surface area contributed by atoms with Crippen LogP contribution in [0.1, 0.15) is 5.56 Å². The maximum atomic E-state index is 10.8. The minimum atomic E-state index is -3.51.